The van der Waals surface area contributed by atoms with Gasteiger partial charge in [-0.15, -0.1) is 0 Å². The highest BCUT2D eigenvalue weighted by atomic mass is 35.5. The molecule has 0 aliphatic heterocycles. The topological polar surface area (TPSA) is 61.1 Å². The maximum Gasteiger partial charge on any atom is 0.337 e. The first kappa shape index (κ1) is 8.57. The number of carbonyl (C=O) groups is 1. The number of halogens is 1. The van der Waals surface area contributed by atoms with E-state index < -0.39 is 5.97 Å². The molecule has 0 atom stereocenters. The van der Waals surface area contributed by atoms with Crippen LogP contribution in [0.3, 0.4) is 0 Å². The van der Waals surface area contributed by atoms with E-state index in [9.17, 15) is 4.79 Å². The summed E-state index contributed by atoms with van der Waals surface area (Å²) >= 11 is 5.60. The van der Waals surface area contributed by atoms with Crippen LogP contribution < -0.4 is 0 Å². The monoisotopic (exact) mass is 181 g/mol. The zero-order valence-corrected chi connectivity index (χ0v) is 6.67. The highest BCUT2D eigenvalue weighted by Crippen LogP contribution is 2.19. The SMILES string of the molecule is N#Cc1cccc(C(=O)O)c1Cl. The predicted molar refractivity (Wildman–Crippen MR) is 43.1 cm³/mol. The lowest BCUT2D eigenvalue weighted by molar-refractivity contribution is 0.0697. The van der Waals surface area contributed by atoms with Gasteiger partial charge in [-0.3, -0.25) is 0 Å². The van der Waals surface area contributed by atoms with Crippen LogP contribution in [0.4, 0.5) is 0 Å². The number of benzene rings is 1. The third-order valence-electron chi connectivity index (χ3n) is 1.35. The predicted octanol–water partition coefficient (Wildman–Crippen LogP) is 1.91. The normalized spacial score (nSPS) is 9.00. The number of carboxylic acid groups (broad SMARTS) is 1. The van der Waals surface area contributed by atoms with Crippen molar-refractivity contribution in [2.45, 2.75) is 0 Å². The van der Waals surface area contributed by atoms with E-state index in [1.54, 1.807) is 6.07 Å². The van der Waals surface area contributed by atoms with Gasteiger partial charge in [0.15, 0.2) is 0 Å². The van der Waals surface area contributed by atoms with Crippen molar-refractivity contribution >= 4 is 17.6 Å². The lowest BCUT2D eigenvalue weighted by Crippen LogP contribution is -1.98. The second-order valence-electron chi connectivity index (χ2n) is 2.08. The van der Waals surface area contributed by atoms with Gasteiger partial charge >= 0.3 is 5.97 Å². The molecule has 0 radical (unpaired) electrons. The Labute approximate surface area is 73.8 Å². The van der Waals surface area contributed by atoms with Gasteiger partial charge in [-0.2, -0.15) is 5.26 Å². The standard InChI is InChI=1S/C8H4ClNO2/c9-7-5(4-10)2-1-3-6(7)8(11)12/h1-3H,(H,11,12). The summed E-state index contributed by atoms with van der Waals surface area (Å²) in [6, 6.07) is 6.10. The minimum Gasteiger partial charge on any atom is -0.478 e. The Balaban J connectivity index is 3.35. The van der Waals surface area contributed by atoms with Crippen LogP contribution in [0.2, 0.25) is 5.02 Å². The minimum atomic E-state index is -1.13. The van der Waals surface area contributed by atoms with Crippen molar-refractivity contribution in [1.29, 1.82) is 5.26 Å². The number of aromatic carboxylic acids is 1. The van der Waals surface area contributed by atoms with Gasteiger partial charge in [0.2, 0.25) is 0 Å². The Kier molecular flexibility index (Phi) is 2.32. The summed E-state index contributed by atoms with van der Waals surface area (Å²) in [6.07, 6.45) is 0. The molecule has 60 valence electrons. The minimum absolute atomic E-state index is 0.00694. The van der Waals surface area contributed by atoms with Crippen molar-refractivity contribution in [2.75, 3.05) is 0 Å². The molecule has 3 nitrogen and oxygen atoms in total. The molecule has 0 heterocycles. The molecule has 0 bridgehead atoms. The molecule has 0 saturated heterocycles. The smallest absolute Gasteiger partial charge is 0.337 e. The van der Waals surface area contributed by atoms with Crippen LogP contribution >= 0.6 is 11.6 Å². The molecule has 0 aliphatic carbocycles. The van der Waals surface area contributed by atoms with E-state index in [-0.39, 0.29) is 16.1 Å². The van der Waals surface area contributed by atoms with E-state index in [1.165, 1.54) is 18.2 Å². The molecular formula is C8H4ClNO2. The van der Waals surface area contributed by atoms with Gasteiger partial charge in [-0.1, -0.05) is 17.7 Å². The maximum atomic E-state index is 10.5. The van der Waals surface area contributed by atoms with Crippen molar-refractivity contribution in [1.82, 2.24) is 0 Å². The van der Waals surface area contributed by atoms with E-state index in [0.717, 1.165) is 0 Å². The number of rotatable bonds is 1. The molecule has 4 heteroatoms. The first-order valence-electron chi connectivity index (χ1n) is 3.08. The van der Waals surface area contributed by atoms with Crippen LogP contribution in [0.1, 0.15) is 15.9 Å². The zero-order chi connectivity index (χ0) is 9.14. The quantitative estimate of drug-likeness (QED) is 0.720. The van der Waals surface area contributed by atoms with Gasteiger partial charge in [0.25, 0.3) is 0 Å². The van der Waals surface area contributed by atoms with Crippen LogP contribution in [-0.2, 0) is 0 Å². The van der Waals surface area contributed by atoms with Crippen LogP contribution in [-0.4, -0.2) is 11.1 Å². The zero-order valence-electron chi connectivity index (χ0n) is 5.91. The molecule has 1 aromatic rings. The Morgan fingerprint density at radius 3 is 2.75 bits per heavy atom. The van der Waals surface area contributed by atoms with Crippen LogP contribution in [0.25, 0.3) is 0 Å². The van der Waals surface area contributed by atoms with E-state index in [1.807, 2.05) is 0 Å². The van der Waals surface area contributed by atoms with Crippen molar-refractivity contribution in [2.24, 2.45) is 0 Å². The first-order valence-corrected chi connectivity index (χ1v) is 3.46. The third-order valence-corrected chi connectivity index (χ3v) is 1.76. The fourth-order valence-corrected chi connectivity index (χ4v) is 1.03. The third kappa shape index (κ3) is 1.39. The summed E-state index contributed by atoms with van der Waals surface area (Å²) in [7, 11) is 0. The molecular weight excluding hydrogens is 178 g/mol. The summed E-state index contributed by atoms with van der Waals surface area (Å²) in [5.41, 5.74) is 0.132. The molecule has 0 unspecified atom stereocenters. The summed E-state index contributed by atoms with van der Waals surface area (Å²) in [4.78, 5) is 10.5. The maximum absolute atomic E-state index is 10.5. The second kappa shape index (κ2) is 3.24. The summed E-state index contributed by atoms with van der Waals surface area (Å²) in [5.74, 6) is -1.13. The average Bonchev–Trinajstić information content (AvgIpc) is 2.04. The molecule has 0 spiro atoms. The second-order valence-corrected chi connectivity index (χ2v) is 2.46. The van der Waals surface area contributed by atoms with E-state index in [2.05, 4.69) is 0 Å². The summed E-state index contributed by atoms with van der Waals surface area (Å²) in [5, 5.41) is 17.1. The molecule has 0 saturated carbocycles. The van der Waals surface area contributed by atoms with Crippen LogP contribution in [0.5, 0.6) is 0 Å². The molecule has 0 aliphatic rings. The number of nitriles is 1. The van der Waals surface area contributed by atoms with E-state index in [0.29, 0.717) is 0 Å². The number of hydrogen-bond donors (Lipinski definition) is 1. The van der Waals surface area contributed by atoms with E-state index in [4.69, 9.17) is 22.0 Å². The lowest BCUT2D eigenvalue weighted by atomic mass is 10.1. The van der Waals surface area contributed by atoms with Crippen LogP contribution in [0.15, 0.2) is 18.2 Å². The Hall–Kier alpha value is -1.53. The molecule has 12 heavy (non-hydrogen) atoms. The van der Waals surface area contributed by atoms with Gasteiger partial charge in [0.05, 0.1) is 16.1 Å². The van der Waals surface area contributed by atoms with Crippen LogP contribution in [0, 0.1) is 11.3 Å². The van der Waals surface area contributed by atoms with Gasteiger partial charge < -0.3 is 5.11 Å². The number of nitrogens with zero attached hydrogens (tertiary/aromatic N) is 1. The Morgan fingerprint density at radius 2 is 2.25 bits per heavy atom. The van der Waals surface area contributed by atoms with E-state index >= 15 is 0 Å². The molecule has 1 N–H and O–H groups in total. The Bertz CT molecular complexity index is 368. The fourth-order valence-electron chi connectivity index (χ4n) is 0.783. The summed E-state index contributed by atoms with van der Waals surface area (Å²) in [6.45, 7) is 0. The molecule has 1 aromatic carbocycles. The van der Waals surface area contributed by atoms with Gasteiger partial charge in [-0.05, 0) is 12.1 Å². The summed E-state index contributed by atoms with van der Waals surface area (Å²) < 4.78 is 0. The van der Waals surface area contributed by atoms with Crippen molar-refractivity contribution in [3.8, 4) is 6.07 Å². The molecule has 0 aromatic heterocycles. The number of hydrogen-bond acceptors (Lipinski definition) is 2. The number of carboxylic acids is 1. The highest BCUT2D eigenvalue weighted by molar-refractivity contribution is 6.34. The highest BCUT2D eigenvalue weighted by Gasteiger charge is 2.10. The molecule has 0 amide bonds. The van der Waals surface area contributed by atoms with Gasteiger partial charge in [0.1, 0.15) is 6.07 Å². The van der Waals surface area contributed by atoms with Crippen molar-refractivity contribution < 1.29 is 9.90 Å². The Morgan fingerprint density at radius 1 is 1.58 bits per heavy atom. The van der Waals surface area contributed by atoms with Crippen molar-refractivity contribution in [3.05, 3.63) is 34.3 Å². The largest absolute Gasteiger partial charge is 0.478 e. The fraction of sp³-hybridized carbons (Fsp3) is 0. The molecule has 1 rings (SSSR count). The van der Waals surface area contributed by atoms with Gasteiger partial charge in [-0.25, -0.2) is 4.79 Å². The average molecular weight is 182 g/mol. The van der Waals surface area contributed by atoms with Crippen molar-refractivity contribution in [3.63, 3.8) is 0 Å². The van der Waals surface area contributed by atoms with Gasteiger partial charge in [0, 0.05) is 0 Å². The lowest BCUT2D eigenvalue weighted by Gasteiger charge is -1.98. The first-order chi connectivity index (χ1) is 5.66. The molecule has 0 fully saturated rings.